The van der Waals surface area contributed by atoms with Gasteiger partial charge in [0.15, 0.2) is 0 Å². The molecule has 0 bridgehead atoms. The van der Waals surface area contributed by atoms with Gasteiger partial charge in [-0.05, 0) is 37.9 Å². The molecule has 1 amide bonds. The van der Waals surface area contributed by atoms with Gasteiger partial charge in [0.2, 0.25) is 5.91 Å². The molecule has 1 aromatic carbocycles. The van der Waals surface area contributed by atoms with Crippen molar-refractivity contribution < 1.29 is 4.79 Å². The van der Waals surface area contributed by atoms with Crippen LogP contribution in [0.15, 0.2) is 24.3 Å². The molecule has 112 valence electrons. The fraction of sp³-hybridized carbons (Fsp3) is 0.500. The highest BCUT2D eigenvalue weighted by atomic mass is 35.5. The summed E-state index contributed by atoms with van der Waals surface area (Å²) in [5, 5.41) is 3.38. The number of anilines is 1. The summed E-state index contributed by atoms with van der Waals surface area (Å²) in [7, 11) is 1.95. The first-order valence-corrected chi connectivity index (χ1v) is 6.94. The van der Waals surface area contributed by atoms with E-state index in [-0.39, 0.29) is 18.3 Å². The molecule has 2 rings (SSSR count). The number of nitrogens with zero attached hydrogens (tertiary/aromatic N) is 1. The Bertz CT molecular complexity index is 452. The molecule has 1 aliphatic rings. The van der Waals surface area contributed by atoms with Gasteiger partial charge in [0, 0.05) is 12.6 Å². The van der Waals surface area contributed by atoms with Crippen LogP contribution in [0.3, 0.4) is 0 Å². The average Bonchev–Trinajstić information content (AvgIpc) is 3.17. The number of nitrogens with one attached hydrogen (secondary N) is 1. The molecule has 1 aromatic rings. The van der Waals surface area contributed by atoms with Crippen molar-refractivity contribution in [3.05, 3.63) is 29.3 Å². The lowest BCUT2D eigenvalue weighted by Crippen LogP contribution is -2.43. The van der Waals surface area contributed by atoms with Crippen molar-refractivity contribution >= 4 is 35.6 Å². The predicted octanol–water partition coefficient (Wildman–Crippen LogP) is 2.37. The number of carbonyl (C=O) groups is 1. The number of benzene rings is 1. The standard InChI is InChI=1S/C14H20ClN3O.ClH/c1-18(13(8-16)10-6-7-10)9-14(19)17-12-5-3-2-4-11(12)15;/h2-5,10,13H,6-9,16H2,1H3,(H,17,19);1H. The second-order valence-electron chi connectivity index (χ2n) is 5.08. The summed E-state index contributed by atoms with van der Waals surface area (Å²) in [4.78, 5) is 14.0. The molecule has 3 N–H and O–H groups in total. The number of hydrogen-bond acceptors (Lipinski definition) is 3. The molecule has 1 saturated carbocycles. The summed E-state index contributed by atoms with van der Waals surface area (Å²) in [5.41, 5.74) is 6.42. The van der Waals surface area contributed by atoms with E-state index >= 15 is 0 Å². The van der Waals surface area contributed by atoms with Gasteiger partial charge < -0.3 is 11.1 Å². The fourth-order valence-electron chi connectivity index (χ4n) is 2.31. The zero-order valence-electron chi connectivity index (χ0n) is 11.5. The Hall–Kier alpha value is -0.810. The molecule has 4 nitrogen and oxygen atoms in total. The van der Waals surface area contributed by atoms with Gasteiger partial charge in [0.05, 0.1) is 17.3 Å². The summed E-state index contributed by atoms with van der Waals surface area (Å²) < 4.78 is 0. The number of carbonyl (C=O) groups excluding carboxylic acids is 1. The van der Waals surface area contributed by atoms with Crippen molar-refractivity contribution in [3.8, 4) is 0 Å². The van der Waals surface area contributed by atoms with E-state index in [1.165, 1.54) is 12.8 Å². The Kier molecular flexibility index (Phi) is 6.76. The topological polar surface area (TPSA) is 58.4 Å². The van der Waals surface area contributed by atoms with Crippen molar-refractivity contribution in [2.24, 2.45) is 11.7 Å². The minimum absolute atomic E-state index is 0. The van der Waals surface area contributed by atoms with E-state index < -0.39 is 0 Å². The summed E-state index contributed by atoms with van der Waals surface area (Å²) in [6, 6.07) is 7.53. The van der Waals surface area contributed by atoms with Crippen LogP contribution < -0.4 is 11.1 Å². The second-order valence-corrected chi connectivity index (χ2v) is 5.49. The van der Waals surface area contributed by atoms with Crippen LogP contribution in [-0.4, -0.2) is 37.0 Å². The Morgan fingerprint density at radius 2 is 2.15 bits per heavy atom. The first kappa shape index (κ1) is 17.2. The summed E-state index contributed by atoms with van der Waals surface area (Å²) in [6.45, 7) is 0.935. The predicted molar refractivity (Wildman–Crippen MR) is 85.5 cm³/mol. The largest absolute Gasteiger partial charge is 0.329 e. The quantitative estimate of drug-likeness (QED) is 0.846. The number of amides is 1. The zero-order valence-corrected chi connectivity index (χ0v) is 13.1. The van der Waals surface area contributed by atoms with Crippen LogP contribution in [0.1, 0.15) is 12.8 Å². The van der Waals surface area contributed by atoms with Crippen molar-refractivity contribution in [3.63, 3.8) is 0 Å². The smallest absolute Gasteiger partial charge is 0.238 e. The number of hydrogen-bond donors (Lipinski definition) is 2. The molecule has 0 aromatic heterocycles. The number of nitrogens with two attached hydrogens (primary N) is 1. The van der Waals surface area contributed by atoms with Gasteiger partial charge in [-0.3, -0.25) is 9.69 Å². The van der Waals surface area contributed by atoms with Gasteiger partial charge in [-0.1, -0.05) is 23.7 Å². The van der Waals surface area contributed by atoms with Gasteiger partial charge in [0.25, 0.3) is 0 Å². The van der Waals surface area contributed by atoms with Crippen molar-refractivity contribution in [1.29, 1.82) is 0 Å². The third-order valence-corrected chi connectivity index (χ3v) is 3.84. The van der Waals surface area contributed by atoms with Crippen LogP contribution in [0.5, 0.6) is 0 Å². The lowest BCUT2D eigenvalue weighted by Gasteiger charge is -2.26. The van der Waals surface area contributed by atoms with Crippen molar-refractivity contribution in [2.45, 2.75) is 18.9 Å². The summed E-state index contributed by atoms with van der Waals surface area (Å²) >= 11 is 6.01. The van der Waals surface area contributed by atoms with E-state index in [1.54, 1.807) is 12.1 Å². The van der Waals surface area contributed by atoms with Crippen LogP contribution in [0, 0.1) is 5.92 Å². The molecule has 6 heteroatoms. The Morgan fingerprint density at radius 3 is 2.70 bits per heavy atom. The van der Waals surface area contributed by atoms with Crippen molar-refractivity contribution in [2.75, 3.05) is 25.5 Å². The summed E-state index contributed by atoms with van der Waals surface area (Å²) in [5.74, 6) is 0.595. The minimum Gasteiger partial charge on any atom is -0.329 e. The van der Waals surface area contributed by atoms with E-state index in [0.717, 1.165) is 0 Å². The molecule has 20 heavy (non-hydrogen) atoms. The minimum atomic E-state index is -0.0605. The lowest BCUT2D eigenvalue weighted by atomic mass is 10.1. The zero-order chi connectivity index (χ0) is 13.8. The molecule has 1 aliphatic carbocycles. The number of rotatable bonds is 6. The van der Waals surface area contributed by atoms with E-state index in [1.807, 2.05) is 24.1 Å². The first-order valence-electron chi connectivity index (χ1n) is 6.56. The maximum absolute atomic E-state index is 12.0. The number of para-hydroxylation sites is 1. The molecule has 0 radical (unpaired) electrons. The molecular formula is C14H21Cl2N3O. The van der Waals surface area contributed by atoms with E-state index in [2.05, 4.69) is 5.32 Å². The highest BCUT2D eigenvalue weighted by Gasteiger charge is 2.33. The SMILES string of the molecule is CN(CC(=O)Nc1ccccc1Cl)C(CN)C1CC1.Cl. The van der Waals surface area contributed by atoms with Gasteiger partial charge in [-0.2, -0.15) is 0 Å². The molecule has 1 fully saturated rings. The number of halogens is 2. The molecular weight excluding hydrogens is 297 g/mol. The third-order valence-electron chi connectivity index (χ3n) is 3.51. The first-order chi connectivity index (χ1) is 9.11. The van der Waals surface area contributed by atoms with E-state index in [4.69, 9.17) is 17.3 Å². The Balaban J connectivity index is 0.00000200. The lowest BCUT2D eigenvalue weighted by molar-refractivity contribution is -0.117. The fourth-order valence-corrected chi connectivity index (χ4v) is 2.49. The van der Waals surface area contributed by atoms with Crippen molar-refractivity contribution in [1.82, 2.24) is 4.90 Å². The van der Waals surface area contributed by atoms with Crippen LogP contribution in [0.4, 0.5) is 5.69 Å². The maximum atomic E-state index is 12.0. The highest BCUT2D eigenvalue weighted by Crippen LogP contribution is 2.34. The molecule has 0 spiro atoms. The van der Waals surface area contributed by atoms with E-state index in [0.29, 0.717) is 35.8 Å². The Morgan fingerprint density at radius 1 is 1.50 bits per heavy atom. The van der Waals surface area contributed by atoms with Gasteiger partial charge >= 0.3 is 0 Å². The van der Waals surface area contributed by atoms with Gasteiger partial charge in [-0.15, -0.1) is 12.4 Å². The molecule has 1 unspecified atom stereocenters. The normalized spacial score (nSPS) is 15.6. The maximum Gasteiger partial charge on any atom is 0.238 e. The monoisotopic (exact) mass is 317 g/mol. The third kappa shape index (κ3) is 4.63. The molecule has 0 saturated heterocycles. The molecule has 0 aliphatic heterocycles. The summed E-state index contributed by atoms with van der Waals surface area (Å²) in [6.07, 6.45) is 2.44. The molecule has 1 atom stereocenters. The molecule has 0 heterocycles. The number of likely N-dealkylation sites (N-methyl/N-ethyl adjacent to an activating group) is 1. The second kappa shape index (κ2) is 7.84. The van der Waals surface area contributed by atoms with Gasteiger partial charge in [-0.25, -0.2) is 0 Å². The van der Waals surface area contributed by atoms with Gasteiger partial charge in [0.1, 0.15) is 0 Å². The van der Waals surface area contributed by atoms with E-state index in [9.17, 15) is 4.79 Å². The Labute approximate surface area is 131 Å². The van der Waals surface area contributed by atoms with Crippen LogP contribution >= 0.6 is 24.0 Å². The van der Waals surface area contributed by atoms with Crippen LogP contribution in [0.2, 0.25) is 5.02 Å². The van der Waals surface area contributed by atoms with Crippen LogP contribution in [-0.2, 0) is 4.79 Å². The highest BCUT2D eigenvalue weighted by molar-refractivity contribution is 6.33. The van der Waals surface area contributed by atoms with Crippen LogP contribution in [0.25, 0.3) is 0 Å². The average molecular weight is 318 g/mol.